The maximum atomic E-state index is 13.5. The van der Waals surface area contributed by atoms with Gasteiger partial charge in [0.1, 0.15) is 10.7 Å². The lowest BCUT2D eigenvalue weighted by molar-refractivity contribution is 0.0600. The molecule has 2 aromatic rings. The Morgan fingerprint density at radius 2 is 1.84 bits per heavy atom. The Morgan fingerprint density at radius 3 is 2.44 bits per heavy atom. The molecule has 0 aromatic heterocycles. The third-order valence-corrected chi connectivity index (χ3v) is 7.56. The molecule has 0 spiro atoms. The molecule has 0 amide bonds. The lowest BCUT2D eigenvalue weighted by atomic mass is 10.1. The number of esters is 1. The van der Waals surface area contributed by atoms with Crippen LogP contribution in [0.2, 0.25) is 0 Å². The first-order chi connectivity index (χ1) is 11.8. The zero-order chi connectivity index (χ0) is 18.4. The van der Waals surface area contributed by atoms with Gasteiger partial charge in [-0.1, -0.05) is 0 Å². The molecule has 25 heavy (non-hydrogen) atoms. The molecule has 0 atom stereocenters. The molecule has 1 aliphatic rings. The summed E-state index contributed by atoms with van der Waals surface area (Å²) in [6.07, 6.45) is 0.468. The smallest absolute Gasteiger partial charge is 0.337 e. The average Bonchev–Trinajstić information content (AvgIpc) is 2.96. The standard InChI is InChI=1S/C16H12Br2FNO4S/c1-24-16(21)10-2-3-14-9(6-10)4-5-20(14)25(22,23)15-12(17)7-11(19)8-13(15)18/h2-3,6-8H,4-5H2,1H3. The van der Waals surface area contributed by atoms with Crippen LogP contribution in [0.5, 0.6) is 0 Å². The van der Waals surface area contributed by atoms with Crippen LogP contribution in [0.3, 0.4) is 0 Å². The Hall–Kier alpha value is -1.45. The Morgan fingerprint density at radius 1 is 1.20 bits per heavy atom. The van der Waals surface area contributed by atoms with Crippen molar-refractivity contribution >= 4 is 53.5 Å². The summed E-state index contributed by atoms with van der Waals surface area (Å²) < 4.78 is 45.8. The topological polar surface area (TPSA) is 63.7 Å². The van der Waals surface area contributed by atoms with E-state index in [-0.39, 0.29) is 20.4 Å². The first kappa shape index (κ1) is 18.3. The number of hydrogen-bond acceptors (Lipinski definition) is 4. The lowest BCUT2D eigenvalue weighted by Gasteiger charge is -2.21. The van der Waals surface area contributed by atoms with Gasteiger partial charge in [-0.2, -0.15) is 0 Å². The van der Waals surface area contributed by atoms with E-state index in [0.717, 1.165) is 17.7 Å². The number of carbonyl (C=O) groups is 1. The maximum absolute atomic E-state index is 13.5. The van der Waals surface area contributed by atoms with Gasteiger partial charge >= 0.3 is 5.97 Å². The fourth-order valence-corrected chi connectivity index (χ4v) is 6.71. The summed E-state index contributed by atoms with van der Waals surface area (Å²) in [5.41, 5.74) is 1.60. The molecule has 5 nitrogen and oxygen atoms in total. The van der Waals surface area contributed by atoms with Gasteiger partial charge in [-0.25, -0.2) is 17.6 Å². The van der Waals surface area contributed by atoms with E-state index < -0.39 is 21.8 Å². The van der Waals surface area contributed by atoms with Crippen molar-refractivity contribution in [1.82, 2.24) is 0 Å². The minimum atomic E-state index is -3.91. The number of ether oxygens (including phenoxy) is 1. The summed E-state index contributed by atoms with van der Waals surface area (Å²) >= 11 is 6.25. The molecular formula is C16H12Br2FNO4S. The summed E-state index contributed by atoms with van der Waals surface area (Å²) in [6.45, 7) is 0.235. The monoisotopic (exact) mass is 491 g/mol. The van der Waals surface area contributed by atoms with Gasteiger partial charge in [0.05, 0.1) is 18.4 Å². The Kier molecular flexibility index (Phi) is 4.91. The van der Waals surface area contributed by atoms with Crippen molar-refractivity contribution in [1.29, 1.82) is 0 Å². The van der Waals surface area contributed by atoms with Gasteiger partial charge in [0, 0.05) is 15.5 Å². The van der Waals surface area contributed by atoms with E-state index in [4.69, 9.17) is 0 Å². The van der Waals surface area contributed by atoms with E-state index in [0.29, 0.717) is 17.7 Å². The second-order valence-corrected chi connectivity index (χ2v) is 8.87. The molecule has 3 rings (SSSR count). The number of anilines is 1. The minimum absolute atomic E-state index is 0.0428. The van der Waals surface area contributed by atoms with Crippen LogP contribution in [0.15, 0.2) is 44.2 Å². The Labute approximate surface area is 161 Å². The maximum Gasteiger partial charge on any atom is 0.337 e. The molecule has 0 saturated carbocycles. The summed E-state index contributed by atoms with van der Waals surface area (Å²) in [4.78, 5) is 11.6. The molecule has 132 valence electrons. The van der Waals surface area contributed by atoms with E-state index in [1.54, 1.807) is 12.1 Å². The number of benzene rings is 2. The molecule has 0 bridgehead atoms. The zero-order valence-corrected chi connectivity index (χ0v) is 16.9. The number of hydrogen-bond donors (Lipinski definition) is 0. The Bertz CT molecular complexity index is 955. The molecule has 1 heterocycles. The van der Waals surface area contributed by atoms with Crippen molar-refractivity contribution in [3.05, 3.63) is 56.2 Å². The first-order valence-electron chi connectivity index (χ1n) is 7.14. The number of carbonyl (C=O) groups excluding carboxylic acids is 1. The summed E-state index contributed by atoms with van der Waals surface area (Å²) in [7, 11) is -2.62. The summed E-state index contributed by atoms with van der Waals surface area (Å²) in [5, 5.41) is 0. The number of halogens is 3. The average molecular weight is 493 g/mol. The lowest BCUT2D eigenvalue weighted by Crippen LogP contribution is -2.29. The molecule has 0 N–H and O–H groups in total. The third-order valence-electron chi connectivity index (χ3n) is 3.86. The second-order valence-electron chi connectivity index (χ2n) is 5.36. The van der Waals surface area contributed by atoms with Crippen LogP contribution in [0.1, 0.15) is 15.9 Å². The minimum Gasteiger partial charge on any atom is -0.465 e. The second kappa shape index (κ2) is 6.69. The van der Waals surface area contributed by atoms with E-state index in [9.17, 15) is 17.6 Å². The van der Waals surface area contributed by atoms with Crippen LogP contribution in [0, 0.1) is 5.82 Å². The van der Waals surface area contributed by atoms with Crippen LogP contribution in [0.25, 0.3) is 0 Å². The molecule has 0 saturated heterocycles. The number of nitrogens with zero attached hydrogens (tertiary/aromatic N) is 1. The van der Waals surface area contributed by atoms with Crippen molar-refractivity contribution in [2.24, 2.45) is 0 Å². The van der Waals surface area contributed by atoms with Gasteiger partial charge in [-0.15, -0.1) is 0 Å². The molecule has 0 radical (unpaired) electrons. The van der Waals surface area contributed by atoms with Gasteiger partial charge in [0.2, 0.25) is 0 Å². The van der Waals surface area contributed by atoms with Crippen molar-refractivity contribution in [3.8, 4) is 0 Å². The van der Waals surface area contributed by atoms with Crippen molar-refractivity contribution < 1.29 is 22.3 Å². The largest absolute Gasteiger partial charge is 0.465 e. The predicted molar refractivity (Wildman–Crippen MR) is 97.8 cm³/mol. The normalized spacial score (nSPS) is 13.7. The van der Waals surface area contributed by atoms with E-state index >= 15 is 0 Å². The molecular weight excluding hydrogens is 481 g/mol. The highest BCUT2D eigenvalue weighted by atomic mass is 79.9. The fraction of sp³-hybridized carbons (Fsp3) is 0.188. The van der Waals surface area contributed by atoms with Gasteiger partial charge in [-0.05, 0) is 74.2 Å². The quantitative estimate of drug-likeness (QED) is 0.610. The molecule has 0 aliphatic carbocycles. The number of sulfonamides is 1. The van der Waals surface area contributed by atoms with Crippen molar-refractivity contribution in [3.63, 3.8) is 0 Å². The number of methoxy groups -OCH3 is 1. The number of rotatable bonds is 3. The fourth-order valence-electron chi connectivity index (χ4n) is 2.75. The summed E-state index contributed by atoms with van der Waals surface area (Å²) in [6, 6.07) is 6.94. The van der Waals surface area contributed by atoms with Gasteiger partial charge < -0.3 is 4.74 Å². The predicted octanol–water partition coefficient (Wildman–Crippen LogP) is 3.89. The molecule has 9 heteroatoms. The van der Waals surface area contributed by atoms with Crippen LogP contribution < -0.4 is 4.31 Å². The van der Waals surface area contributed by atoms with Gasteiger partial charge in [0.15, 0.2) is 0 Å². The van der Waals surface area contributed by atoms with Gasteiger partial charge in [-0.3, -0.25) is 4.31 Å². The summed E-state index contributed by atoms with van der Waals surface area (Å²) in [5.74, 6) is -1.03. The van der Waals surface area contributed by atoms with E-state index in [1.165, 1.54) is 17.5 Å². The zero-order valence-electron chi connectivity index (χ0n) is 12.9. The third kappa shape index (κ3) is 3.20. The molecule has 1 aliphatic heterocycles. The van der Waals surface area contributed by atoms with Crippen LogP contribution in [0.4, 0.5) is 10.1 Å². The number of fused-ring (bicyclic) bond motifs is 1. The first-order valence-corrected chi connectivity index (χ1v) is 10.2. The van der Waals surface area contributed by atoms with Crippen molar-refractivity contribution in [2.45, 2.75) is 11.3 Å². The van der Waals surface area contributed by atoms with Gasteiger partial charge in [0.25, 0.3) is 10.0 Å². The van der Waals surface area contributed by atoms with E-state index in [2.05, 4.69) is 36.6 Å². The molecule has 0 fully saturated rings. The van der Waals surface area contributed by atoms with Crippen molar-refractivity contribution in [2.75, 3.05) is 18.0 Å². The highest BCUT2D eigenvalue weighted by Gasteiger charge is 2.34. The van der Waals surface area contributed by atoms with Crippen LogP contribution >= 0.6 is 31.9 Å². The highest BCUT2D eigenvalue weighted by Crippen LogP contribution is 2.38. The SMILES string of the molecule is COC(=O)c1ccc2c(c1)CCN2S(=O)(=O)c1c(Br)cc(F)cc1Br. The molecule has 0 unspecified atom stereocenters. The molecule has 2 aromatic carbocycles. The van der Waals surface area contributed by atoms with Crippen LogP contribution in [-0.4, -0.2) is 28.0 Å². The van der Waals surface area contributed by atoms with Crippen LogP contribution in [-0.2, 0) is 21.2 Å². The highest BCUT2D eigenvalue weighted by molar-refractivity contribution is 9.11. The van der Waals surface area contributed by atoms with E-state index in [1.807, 2.05) is 0 Å². The Balaban J connectivity index is 2.07.